The Morgan fingerprint density at radius 1 is 1.07 bits per heavy atom. The summed E-state index contributed by atoms with van der Waals surface area (Å²) in [7, 11) is 0. The summed E-state index contributed by atoms with van der Waals surface area (Å²) in [6.07, 6.45) is 2.62. The van der Waals surface area contributed by atoms with E-state index in [4.69, 9.17) is 0 Å². The first-order chi connectivity index (χ1) is 13.7. The number of aromatic nitrogens is 1. The molecule has 1 fully saturated rings. The molecule has 0 aliphatic carbocycles. The van der Waals surface area contributed by atoms with Crippen LogP contribution in [0.3, 0.4) is 0 Å². The highest BCUT2D eigenvalue weighted by atomic mass is 32.1. The Bertz CT molecular complexity index is 1020. The Morgan fingerprint density at radius 3 is 2.82 bits per heavy atom. The van der Waals surface area contributed by atoms with Gasteiger partial charge in [0.2, 0.25) is 5.91 Å². The second-order valence-corrected chi connectivity index (χ2v) is 8.65. The van der Waals surface area contributed by atoms with Gasteiger partial charge in [-0.25, -0.2) is 0 Å². The molecule has 1 saturated heterocycles. The van der Waals surface area contributed by atoms with Crippen LogP contribution < -0.4 is 0 Å². The maximum absolute atomic E-state index is 13.3. The Hall–Kier alpha value is -2.60. The lowest BCUT2D eigenvalue weighted by Crippen LogP contribution is -2.47. The van der Waals surface area contributed by atoms with Gasteiger partial charge in [-0.1, -0.05) is 24.3 Å². The number of fused-ring (bicyclic) bond motifs is 3. The number of nitrogens with one attached hydrogen (secondary N) is 1. The number of hydrogen-bond donors (Lipinski definition) is 1. The number of amides is 2. The summed E-state index contributed by atoms with van der Waals surface area (Å²) >= 11 is 1.47. The van der Waals surface area contributed by atoms with E-state index in [-0.39, 0.29) is 17.7 Å². The summed E-state index contributed by atoms with van der Waals surface area (Å²) in [5.74, 6) is 0.161. The lowest BCUT2D eigenvalue weighted by molar-refractivity contribution is -0.137. The number of likely N-dealkylation sites (tertiary alicyclic amines) is 1. The monoisotopic (exact) mass is 393 g/mol. The number of aromatic amines is 1. The molecule has 5 nitrogen and oxygen atoms in total. The number of nitrogens with zero attached hydrogens (tertiary/aromatic N) is 2. The van der Waals surface area contributed by atoms with Crippen molar-refractivity contribution in [1.29, 1.82) is 0 Å². The fourth-order valence-electron chi connectivity index (χ4n) is 4.53. The summed E-state index contributed by atoms with van der Waals surface area (Å²) in [5, 5.41) is 3.14. The second kappa shape index (κ2) is 7.09. The lowest BCUT2D eigenvalue weighted by Gasteiger charge is -2.36. The third-order valence-electron chi connectivity index (χ3n) is 5.98. The number of piperidine rings is 1. The SMILES string of the molecule is O=C(c1cccs1)N1CCC[C@H](C(=O)N2CCc3[nH]c4ccccc4c3C2)C1. The van der Waals surface area contributed by atoms with Gasteiger partial charge in [-0.3, -0.25) is 9.59 Å². The van der Waals surface area contributed by atoms with E-state index < -0.39 is 0 Å². The molecule has 2 amide bonds. The molecule has 5 rings (SSSR count). The van der Waals surface area contributed by atoms with Crippen LogP contribution in [0.2, 0.25) is 0 Å². The van der Waals surface area contributed by atoms with Crippen molar-refractivity contribution in [3.63, 3.8) is 0 Å². The standard InChI is InChI=1S/C22H23N3O2S/c26-21(15-5-3-10-24(13-15)22(27)20-8-4-12-28-20)25-11-9-19-17(14-25)16-6-1-2-7-18(16)23-19/h1-2,4,6-8,12,15,23H,3,5,9-11,13-14H2/t15-/m0/s1. The molecule has 2 aromatic heterocycles. The highest BCUT2D eigenvalue weighted by Gasteiger charge is 2.33. The number of benzene rings is 1. The Kier molecular flexibility index (Phi) is 4.43. The molecule has 28 heavy (non-hydrogen) atoms. The minimum Gasteiger partial charge on any atom is -0.358 e. The van der Waals surface area contributed by atoms with Crippen LogP contribution in [0.1, 0.15) is 33.8 Å². The molecule has 4 heterocycles. The summed E-state index contributed by atoms with van der Waals surface area (Å²) in [5.41, 5.74) is 3.65. The molecule has 0 spiro atoms. The molecule has 0 bridgehead atoms. The minimum atomic E-state index is -0.0931. The van der Waals surface area contributed by atoms with Gasteiger partial charge in [0.05, 0.1) is 10.8 Å². The first-order valence-corrected chi connectivity index (χ1v) is 10.8. The number of rotatable bonds is 2. The summed E-state index contributed by atoms with van der Waals surface area (Å²) in [4.78, 5) is 34.1. The van der Waals surface area contributed by atoms with E-state index in [1.807, 2.05) is 39.4 Å². The van der Waals surface area contributed by atoms with E-state index in [2.05, 4.69) is 17.1 Å². The van der Waals surface area contributed by atoms with E-state index in [9.17, 15) is 9.59 Å². The van der Waals surface area contributed by atoms with E-state index in [1.54, 1.807) is 0 Å². The van der Waals surface area contributed by atoms with Crippen LogP contribution in [0.4, 0.5) is 0 Å². The zero-order chi connectivity index (χ0) is 19.1. The van der Waals surface area contributed by atoms with Gasteiger partial charge in [0, 0.05) is 54.8 Å². The quantitative estimate of drug-likeness (QED) is 0.722. The van der Waals surface area contributed by atoms with E-state index in [0.29, 0.717) is 13.1 Å². The number of carbonyl (C=O) groups excluding carboxylic acids is 2. The van der Waals surface area contributed by atoms with Gasteiger partial charge in [0.1, 0.15) is 0 Å². The van der Waals surface area contributed by atoms with Crippen molar-refractivity contribution in [2.24, 2.45) is 5.92 Å². The highest BCUT2D eigenvalue weighted by Crippen LogP contribution is 2.29. The third kappa shape index (κ3) is 3.02. The highest BCUT2D eigenvalue weighted by molar-refractivity contribution is 7.12. The average Bonchev–Trinajstić information content (AvgIpc) is 3.40. The second-order valence-electron chi connectivity index (χ2n) is 7.71. The molecule has 3 aromatic rings. The van der Waals surface area contributed by atoms with Gasteiger partial charge in [0.25, 0.3) is 5.91 Å². The number of H-pyrrole nitrogens is 1. The molecule has 1 atom stereocenters. The van der Waals surface area contributed by atoms with Gasteiger partial charge in [-0.2, -0.15) is 0 Å². The number of para-hydroxylation sites is 1. The first kappa shape index (κ1) is 17.5. The molecule has 144 valence electrons. The summed E-state index contributed by atoms with van der Waals surface area (Å²) < 4.78 is 0. The summed E-state index contributed by atoms with van der Waals surface area (Å²) in [6, 6.07) is 12.1. The van der Waals surface area contributed by atoms with Crippen LogP contribution in [-0.2, 0) is 17.8 Å². The Morgan fingerprint density at radius 2 is 1.96 bits per heavy atom. The van der Waals surface area contributed by atoms with E-state index >= 15 is 0 Å². The fraction of sp³-hybridized carbons (Fsp3) is 0.364. The number of thiophene rings is 1. The predicted molar refractivity (Wildman–Crippen MR) is 110 cm³/mol. The van der Waals surface area contributed by atoms with Gasteiger partial charge in [0.15, 0.2) is 0 Å². The molecular formula is C22H23N3O2S. The largest absolute Gasteiger partial charge is 0.358 e. The van der Waals surface area contributed by atoms with Crippen LogP contribution in [0.15, 0.2) is 41.8 Å². The van der Waals surface area contributed by atoms with Gasteiger partial charge >= 0.3 is 0 Å². The maximum atomic E-state index is 13.3. The van der Waals surface area contributed by atoms with Crippen molar-refractivity contribution in [2.45, 2.75) is 25.8 Å². The van der Waals surface area contributed by atoms with Crippen molar-refractivity contribution in [3.8, 4) is 0 Å². The van der Waals surface area contributed by atoms with E-state index in [1.165, 1.54) is 28.0 Å². The van der Waals surface area contributed by atoms with Gasteiger partial charge in [-0.15, -0.1) is 11.3 Å². The molecule has 0 radical (unpaired) electrons. The molecule has 1 N–H and O–H groups in total. The smallest absolute Gasteiger partial charge is 0.263 e. The Labute approximate surface area is 168 Å². The molecule has 6 heteroatoms. The van der Waals surface area contributed by atoms with Crippen LogP contribution in [-0.4, -0.2) is 46.2 Å². The average molecular weight is 394 g/mol. The van der Waals surface area contributed by atoms with Gasteiger partial charge in [-0.05, 0) is 30.4 Å². The van der Waals surface area contributed by atoms with Crippen LogP contribution in [0, 0.1) is 5.92 Å². The zero-order valence-corrected chi connectivity index (χ0v) is 16.5. The topological polar surface area (TPSA) is 56.4 Å². The van der Waals surface area contributed by atoms with Gasteiger partial charge < -0.3 is 14.8 Å². The van der Waals surface area contributed by atoms with Crippen molar-refractivity contribution < 1.29 is 9.59 Å². The number of carbonyl (C=O) groups is 2. The number of hydrogen-bond acceptors (Lipinski definition) is 3. The first-order valence-electron chi connectivity index (χ1n) is 9.91. The molecule has 1 aromatic carbocycles. The van der Waals surface area contributed by atoms with E-state index in [0.717, 1.165) is 42.7 Å². The molecule has 2 aliphatic rings. The van der Waals surface area contributed by atoms with Crippen molar-refractivity contribution in [3.05, 3.63) is 57.9 Å². The molecule has 0 unspecified atom stereocenters. The minimum absolute atomic E-state index is 0.0602. The molecule has 0 saturated carbocycles. The van der Waals surface area contributed by atoms with Crippen molar-refractivity contribution in [1.82, 2.24) is 14.8 Å². The van der Waals surface area contributed by atoms with Crippen LogP contribution >= 0.6 is 11.3 Å². The maximum Gasteiger partial charge on any atom is 0.263 e. The third-order valence-corrected chi connectivity index (χ3v) is 6.84. The van der Waals surface area contributed by atoms with Crippen LogP contribution in [0.25, 0.3) is 10.9 Å². The predicted octanol–water partition coefficient (Wildman–Crippen LogP) is 3.67. The zero-order valence-electron chi connectivity index (χ0n) is 15.7. The summed E-state index contributed by atoms with van der Waals surface area (Å²) in [6.45, 7) is 2.68. The van der Waals surface area contributed by atoms with Crippen molar-refractivity contribution >= 4 is 34.1 Å². The van der Waals surface area contributed by atoms with Crippen LogP contribution in [0.5, 0.6) is 0 Å². The Balaban J connectivity index is 1.32. The molecular weight excluding hydrogens is 370 g/mol. The fourth-order valence-corrected chi connectivity index (χ4v) is 5.22. The normalized spacial score (nSPS) is 19.6. The van der Waals surface area contributed by atoms with Crippen molar-refractivity contribution in [2.75, 3.05) is 19.6 Å². The molecule has 2 aliphatic heterocycles. The lowest BCUT2D eigenvalue weighted by atomic mass is 9.94.